The van der Waals surface area contributed by atoms with Gasteiger partial charge in [0.25, 0.3) is 0 Å². The number of hydrogen-bond donors (Lipinski definition) is 0. The summed E-state index contributed by atoms with van der Waals surface area (Å²) in [4.78, 5) is 0. The molecule has 1 aliphatic carbocycles. The van der Waals surface area contributed by atoms with Crippen LogP contribution in [-0.4, -0.2) is 0 Å². The lowest BCUT2D eigenvalue weighted by Crippen LogP contribution is -1.71. The molecule has 0 nitrogen and oxygen atoms in total. The third kappa shape index (κ3) is 9.03. The molecule has 0 atom stereocenters. The maximum absolute atomic E-state index is 10.3. The monoisotopic (exact) mass is 208 g/mol. The van der Waals surface area contributed by atoms with Gasteiger partial charge < -0.3 is 0 Å². The van der Waals surface area contributed by atoms with Crippen LogP contribution >= 0.6 is 0 Å². The average molecular weight is 208 g/mol. The SMILES string of the molecule is C1=CCCC=CCC1.FC(F)=C(F)F. The fourth-order valence-electron chi connectivity index (χ4n) is 0.856. The van der Waals surface area contributed by atoms with Gasteiger partial charge in [0.1, 0.15) is 0 Å². The Morgan fingerprint density at radius 2 is 0.786 bits per heavy atom. The molecule has 80 valence electrons. The van der Waals surface area contributed by atoms with Crippen molar-refractivity contribution in [3.8, 4) is 0 Å². The minimum absolute atomic E-state index is 1.23. The van der Waals surface area contributed by atoms with E-state index in [4.69, 9.17) is 0 Å². The van der Waals surface area contributed by atoms with Crippen molar-refractivity contribution in [2.24, 2.45) is 0 Å². The highest BCUT2D eigenvalue weighted by atomic mass is 19.3. The van der Waals surface area contributed by atoms with Gasteiger partial charge >= 0.3 is 12.2 Å². The molecule has 0 heterocycles. The van der Waals surface area contributed by atoms with Gasteiger partial charge in [-0.1, -0.05) is 24.3 Å². The highest BCUT2D eigenvalue weighted by molar-refractivity contribution is 4.93. The first-order chi connectivity index (χ1) is 6.64. The summed E-state index contributed by atoms with van der Waals surface area (Å²) in [7, 11) is 0. The van der Waals surface area contributed by atoms with Crippen LogP contribution in [0.2, 0.25) is 0 Å². The molecular weight excluding hydrogens is 196 g/mol. The predicted octanol–water partition coefficient (Wildman–Crippen LogP) is 4.66. The second-order valence-electron chi connectivity index (χ2n) is 2.62. The molecule has 1 aliphatic rings. The second kappa shape index (κ2) is 8.53. The van der Waals surface area contributed by atoms with Crippen molar-refractivity contribution in [2.45, 2.75) is 25.7 Å². The van der Waals surface area contributed by atoms with E-state index < -0.39 is 12.2 Å². The molecule has 0 saturated carbocycles. The van der Waals surface area contributed by atoms with E-state index in [-0.39, 0.29) is 0 Å². The van der Waals surface area contributed by atoms with Crippen LogP contribution in [0.5, 0.6) is 0 Å². The second-order valence-corrected chi connectivity index (χ2v) is 2.62. The molecule has 0 aromatic carbocycles. The minimum atomic E-state index is -2.91. The zero-order valence-corrected chi connectivity index (χ0v) is 7.65. The summed E-state index contributed by atoms with van der Waals surface area (Å²) in [6, 6.07) is 0. The Morgan fingerprint density at radius 3 is 0.929 bits per heavy atom. The molecule has 0 aliphatic heterocycles. The summed E-state index contributed by atoms with van der Waals surface area (Å²) in [5.74, 6) is 0. The van der Waals surface area contributed by atoms with Crippen molar-refractivity contribution in [2.75, 3.05) is 0 Å². The average Bonchev–Trinajstić information content (AvgIpc) is 2.03. The van der Waals surface area contributed by atoms with Crippen LogP contribution in [0.4, 0.5) is 17.6 Å². The summed E-state index contributed by atoms with van der Waals surface area (Å²) in [6.45, 7) is 0. The lowest BCUT2D eigenvalue weighted by molar-refractivity contribution is 0.308. The van der Waals surface area contributed by atoms with Crippen LogP contribution in [-0.2, 0) is 0 Å². The minimum Gasteiger partial charge on any atom is -0.167 e. The third-order valence-corrected chi connectivity index (χ3v) is 1.48. The third-order valence-electron chi connectivity index (χ3n) is 1.48. The molecule has 0 fully saturated rings. The number of hydrogen-bond acceptors (Lipinski definition) is 0. The Kier molecular flexibility index (Phi) is 7.89. The molecule has 14 heavy (non-hydrogen) atoms. The largest absolute Gasteiger partial charge is 0.334 e. The Bertz CT molecular complexity index is 184. The van der Waals surface area contributed by atoms with Crippen LogP contribution < -0.4 is 0 Å². The molecule has 0 aromatic rings. The van der Waals surface area contributed by atoms with Crippen molar-refractivity contribution in [3.63, 3.8) is 0 Å². The summed E-state index contributed by atoms with van der Waals surface area (Å²) in [5.41, 5.74) is 0. The number of allylic oxidation sites excluding steroid dienone is 4. The standard InChI is InChI=1S/C8H12.C2F4/c1-2-4-6-8-7-5-3-1;3-1(4)2(5)6/h1-2,7-8H,3-6H2;. The molecular formula is C10H12F4. The molecule has 0 unspecified atom stereocenters. The van der Waals surface area contributed by atoms with Crippen molar-refractivity contribution in [1.82, 2.24) is 0 Å². The summed E-state index contributed by atoms with van der Waals surface area (Å²) in [6.07, 6.45) is 8.19. The highest BCUT2D eigenvalue weighted by Crippen LogP contribution is 2.08. The molecule has 4 heteroatoms. The van der Waals surface area contributed by atoms with Crippen LogP contribution in [0.3, 0.4) is 0 Å². The van der Waals surface area contributed by atoms with Gasteiger partial charge in [0.05, 0.1) is 0 Å². The fraction of sp³-hybridized carbons (Fsp3) is 0.400. The van der Waals surface area contributed by atoms with Crippen molar-refractivity contribution < 1.29 is 17.6 Å². The molecule has 0 saturated heterocycles. The zero-order chi connectivity index (χ0) is 10.8. The van der Waals surface area contributed by atoms with E-state index in [1.807, 2.05) is 0 Å². The maximum Gasteiger partial charge on any atom is 0.334 e. The Morgan fingerprint density at radius 1 is 0.571 bits per heavy atom. The molecule has 0 N–H and O–H groups in total. The highest BCUT2D eigenvalue weighted by Gasteiger charge is 1.98. The van der Waals surface area contributed by atoms with E-state index in [1.165, 1.54) is 25.7 Å². The quantitative estimate of drug-likeness (QED) is 0.401. The Hall–Kier alpha value is -1.06. The number of halogens is 4. The van der Waals surface area contributed by atoms with Crippen LogP contribution in [0.25, 0.3) is 0 Å². The van der Waals surface area contributed by atoms with Gasteiger partial charge in [-0.2, -0.15) is 17.6 Å². The van der Waals surface area contributed by atoms with Gasteiger partial charge in [0.15, 0.2) is 0 Å². The first kappa shape index (κ1) is 12.9. The summed E-state index contributed by atoms with van der Waals surface area (Å²) < 4.78 is 41.1. The maximum atomic E-state index is 10.3. The van der Waals surface area contributed by atoms with E-state index in [1.54, 1.807) is 0 Å². The molecule has 0 radical (unpaired) electrons. The van der Waals surface area contributed by atoms with Crippen molar-refractivity contribution in [1.29, 1.82) is 0 Å². The number of rotatable bonds is 0. The zero-order valence-electron chi connectivity index (χ0n) is 7.65. The topological polar surface area (TPSA) is 0 Å². The first-order valence-corrected chi connectivity index (χ1v) is 4.31. The van der Waals surface area contributed by atoms with Crippen LogP contribution in [0.15, 0.2) is 36.5 Å². The first-order valence-electron chi connectivity index (χ1n) is 4.31. The van der Waals surface area contributed by atoms with E-state index in [0.717, 1.165) is 0 Å². The molecule has 0 spiro atoms. The molecule has 0 amide bonds. The van der Waals surface area contributed by atoms with E-state index in [0.29, 0.717) is 0 Å². The predicted molar refractivity (Wildman–Crippen MR) is 48.2 cm³/mol. The van der Waals surface area contributed by atoms with Gasteiger partial charge in [-0.15, -0.1) is 0 Å². The van der Waals surface area contributed by atoms with Crippen LogP contribution in [0, 0.1) is 0 Å². The lowest BCUT2D eigenvalue weighted by atomic mass is 10.1. The summed E-state index contributed by atoms with van der Waals surface area (Å²) >= 11 is 0. The van der Waals surface area contributed by atoms with Crippen molar-refractivity contribution in [3.05, 3.63) is 36.5 Å². The van der Waals surface area contributed by atoms with Gasteiger partial charge in [0, 0.05) is 0 Å². The van der Waals surface area contributed by atoms with E-state index in [2.05, 4.69) is 24.3 Å². The van der Waals surface area contributed by atoms with E-state index in [9.17, 15) is 17.6 Å². The Labute approximate surface area is 80.6 Å². The summed E-state index contributed by atoms with van der Waals surface area (Å²) in [5, 5.41) is 0. The normalized spacial score (nSPS) is 14.9. The molecule has 0 aromatic heterocycles. The molecule has 0 bridgehead atoms. The molecule has 1 rings (SSSR count). The van der Waals surface area contributed by atoms with E-state index >= 15 is 0 Å². The Balaban J connectivity index is 0.000000255. The van der Waals surface area contributed by atoms with Crippen LogP contribution in [0.1, 0.15) is 25.7 Å². The lowest BCUT2D eigenvalue weighted by Gasteiger charge is -1.92. The fourth-order valence-corrected chi connectivity index (χ4v) is 0.856. The van der Waals surface area contributed by atoms with Gasteiger partial charge in [-0.3, -0.25) is 0 Å². The van der Waals surface area contributed by atoms with Crippen molar-refractivity contribution >= 4 is 0 Å². The van der Waals surface area contributed by atoms with Gasteiger partial charge in [-0.25, -0.2) is 0 Å². The van der Waals surface area contributed by atoms with Gasteiger partial charge in [-0.05, 0) is 25.7 Å². The smallest absolute Gasteiger partial charge is 0.167 e. The van der Waals surface area contributed by atoms with Gasteiger partial charge in [0.2, 0.25) is 0 Å².